The summed E-state index contributed by atoms with van der Waals surface area (Å²) in [5.41, 5.74) is -0.235. The van der Waals surface area contributed by atoms with Crippen LogP contribution in [0, 0.1) is 0 Å². The fourth-order valence-corrected chi connectivity index (χ4v) is 1.88. The van der Waals surface area contributed by atoms with Gasteiger partial charge in [-0.25, -0.2) is 0 Å². The Morgan fingerprint density at radius 3 is 2.72 bits per heavy atom. The zero-order chi connectivity index (χ0) is 13.0. The Bertz CT molecular complexity index is 401. The predicted molar refractivity (Wildman–Crippen MR) is 68.1 cm³/mol. The molecule has 0 fully saturated rings. The lowest BCUT2D eigenvalue weighted by atomic mass is 9.96. The quantitative estimate of drug-likeness (QED) is 0.891. The van der Waals surface area contributed by atoms with E-state index in [4.69, 9.17) is 14.2 Å². The standard InChI is InChI=1S/C14H20O4/c1-3-16-10-14(2,15)11-5-6-12-13(9-11)18-8-4-7-17-12/h5-6,9,15H,3-4,7-8,10H2,1-2H3. The number of rotatable bonds is 4. The summed E-state index contributed by atoms with van der Waals surface area (Å²) in [5.74, 6) is 1.44. The maximum absolute atomic E-state index is 10.4. The van der Waals surface area contributed by atoms with Crippen molar-refractivity contribution < 1.29 is 19.3 Å². The Morgan fingerprint density at radius 2 is 2.00 bits per heavy atom. The first kappa shape index (κ1) is 13.2. The highest BCUT2D eigenvalue weighted by Crippen LogP contribution is 2.34. The smallest absolute Gasteiger partial charge is 0.161 e. The molecule has 0 aliphatic carbocycles. The highest BCUT2D eigenvalue weighted by Gasteiger charge is 2.25. The molecule has 0 bridgehead atoms. The third-order valence-electron chi connectivity index (χ3n) is 2.96. The number of ether oxygens (including phenoxy) is 3. The zero-order valence-corrected chi connectivity index (χ0v) is 10.9. The van der Waals surface area contributed by atoms with Crippen LogP contribution in [0.5, 0.6) is 11.5 Å². The van der Waals surface area contributed by atoms with Crippen LogP contribution in [-0.2, 0) is 10.3 Å². The molecule has 1 aromatic carbocycles. The number of fused-ring (bicyclic) bond motifs is 1. The minimum atomic E-state index is -1.01. The Hall–Kier alpha value is -1.26. The van der Waals surface area contributed by atoms with Gasteiger partial charge in [-0.05, 0) is 31.5 Å². The van der Waals surface area contributed by atoms with E-state index in [1.54, 1.807) is 6.92 Å². The van der Waals surface area contributed by atoms with Crippen molar-refractivity contribution in [2.45, 2.75) is 25.9 Å². The van der Waals surface area contributed by atoms with Gasteiger partial charge in [0.15, 0.2) is 11.5 Å². The molecule has 4 nitrogen and oxygen atoms in total. The number of aliphatic hydroxyl groups is 1. The maximum atomic E-state index is 10.4. The topological polar surface area (TPSA) is 47.9 Å². The van der Waals surface area contributed by atoms with E-state index in [1.807, 2.05) is 25.1 Å². The van der Waals surface area contributed by atoms with Gasteiger partial charge in [-0.2, -0.15) is 0 Å². The average Bonchev–Trinajstić information content (AvgIpc) is 2.60. The van der Waals surface area contributed by atoms with Crippen molar-refractivity contribution in [2.75, 3.05) is 26.4 Å². The van der Waals surface area contributed by atoms with Gasteiger partial charge < -0.3 is 19.3 Å². The fraction of sp³-hybridized carbons (Fsp3) is 0.571. The molecule has 0 saturated heterocycles. The van der Waals surface area contributed by atoms with E-state index in [9.17, 15) is 5.11 Å². The first-order chi connectivity index (χ1) is 8.63. The highest BCUT2D eigenvalue weighted by atomic mass is 16.5. The molecule has 1 N–H and O–H groups in total. The van der Waals surface area contributed by atoms with Gasteiger partial charge in [-0.15, -0.1) is 0 Å². The molecule has 1 aliphatic rings. The number of hydrogen-bond donors (Lipinski definition) is 1. The van der Waals surface area contributed by atoms with E-state index >= 15 is 0 Å². The molecule has 0 spiro atoms. The van der Waals surface area contributed by atoms with Crippen molar-refractivity contribution in [2.24, 2.45) is 0 Å². The van der Waals surface area contributed by atoms with Crippen LogP contribution in [-0.4, -0.2) is 31.5 Å². The van der Waals surface area contributed by atoms with Gasteiger partial charge >= 0.3 is 0 Å². The largest absolute Gasteiger partial charge is 0.490 e. The van der Waals surface area contributed by atoms with Crippen LogP contribution in [0.25, 0.3) is 0 Å². The van der Waals surface area contributed by atoms with Gasteiger partial charge in [-0.1, -0.05) is 6.07 Å². The van der Waals surface area contributed by atoms with Crippen LogP contribution in [0.1, 0.15) is 25.8 Å². The molecule has 1 heterocycles. The van der Waals surface area contributed by atoms with Crippen LogP contribution >= 0.6 is 0 Å². The molecule has 1 atom stereocenters. The SMILES string of the molecule is CCOCC(C)(O)c1ccc2c(c1)OCCCO2. The lowest BCUT2D eigenvalue weighted by Gasteiger charge is -2.24. The molecule has 0 aromatic heterocycles. The molecule has 0 saturated carbocycles. The first-order valence-electron chi connectivity index (χ1n) is 6.34. The summed E-state index contributed by atoms with van der Waals surface area (Å²) in [7, 11) is 0. The molecular weight excluding hydrogens is 232 g/mol. The van der Waals surface area contributed by atoms with Crippen molar-refractivity contribution in [3.8, 4) is 11.5 Å². The molecule has 100 valence electrons. The molecule has 0 amide bonds. The summed E-state index contributed by atoms with van der Waals surface area (Å²) >= 11 is 0. The van der Waals surface area contributed by atoms with Crippen LogP contribution in [0.4, 0.5) is 0 Å². The van der Waals surface area contributed by atoms with Gasteiger partial charge in [0, 0.05) is 13.0 Å². The van der Waals surface area contributed by atoms with Crippen LogP contribution in [0.2, 0.25) is 0 Å². The van der Waals surface area contributed by atoms with E-state index in [-0.39, 0.29) is 6.61 Å². The molecule has 1 unspecified atom stereocenters. The Labute approximate surface area is 107 Å². The van der Waals surface area contributed by atoms with Gasteiger partial charge in [-0.3, -0.25) is 0 Å². The minimum absolute atomic E-state index is 0.267. The number of hydrogen-bond acceptors (Lipinski definition) is 4. The second-order valence-corrected chi connectivity index (χ2v) is 4.62. The van der Waals surface area contributed by atoms with Crippen LogP contribution in [0.15, 0.2) is 18.2 Å². The molecular formula is C14H20O4. The zero-order valence-electron chi connectivity index (χ0n) is 10.9. The van der Waals surface area contributed by atoms with Crippen molar-refractivity contribution in [1.29, 1.82) is 0 Å². The second-order valence-electron chi connectivity index (χ2n) is 4.62. The van der Waals surface area contributed by atoms with E-state index in [0.717, 1.165) is 17.7 Å². The molecule has 2 rings (SSSR count). The number of benzene rings is 1. The van der Waals surface area contributed by atoms with Gasteiger partial charge in [0.25, 0.3) is 0 Å². The molecule has 18 heavy (non-hydrogen) atoms. The van der Waals surface area contributed by atoms with Crippen molar-refractivity contribution in [3.05, 3.63) is 23.8 Å². The van der Waals surface area contributed by atoms with Crippen molar-refractivity contribution in [3.63, 3.8) is 0 Å². The lowest BCUT2D eigenvalue weighted by Crippen LogP contribution is -2.27. The third-order valence-corrected chi connectivity index (χ3v) is 2.96. The summed E-state index contributed by atoms with van der Waals surface area (Å²) in [6.07, 6.45) is 0.874. The van der Waals surface area contributed by atoms with E-state index in [0.29, 0.717) is 25.6 Å². The Morgan fingerprint density at radius 1 is 1.28 bits per heavy atom. The first-order valence-corrected chi connectivity index (χ1v) is 6.34. The molecule has 0 radical (unpaired) electrons. The molecule has 1 aromatic rings. The van der Waals surface area contributed by atoms with Gasteiger partial charge in [0.05, 0.1) is 19.8 Å². The third kappa shape index (κ3) is 2.94. The minimum Gasteiger partial charge on any atom is -0.490 e. The predicted octanol–water partition coefficient (Wildman–Crippen LogP) is 2.09. The van der Waals surface area contributed by atoms with E-state index in [1.165, 1.54) is 0 Å². The normalized spacial score (nSPS) is 17.9. The summed E-state index contributed by atoms with van der Waals surface area (Å²) in [6.45, 7) is 5.81. The van der Waals surface area contributed by atoms with E-state index < -0.39 is 5.60 Å². The second kappa shape index (κ2) is 5.59. The molecule has 4 heteroatoms. The fourth-order valence-electron chi connectivity index (χ4n) is 1.88. The summed E-state index contributed by atoms with van der Waals surface area (Å²) in [4.78, 5) is 0. The highest BCUT2D eigenvalue weighted by molar-refractivity contribution is 5.44. The Balaban J connectivity index is 2.21. The Kier molecular flexibility index (Phi) is 4.09. The van der Waals surface area contributed by atoms with Crippen molar-refractivity contribution in [1.82, 2.24) is 0 Å². The monoisotopic (exact) mass is 252 g/mol. The lowest BCUT2D eigenvalue weighted by molar-refractivity contribution is -0.0344. The van der Waals surface area contributed by atoms with Crippen LogP contribution < -0.4 is 9.47 Å². The van der Waals surface area contributed by atoms with Gasteiger partial charge in [0.1, 0.15) is 5.60 Å². The van der Waals surface area contributed by atoms with Crippen molar-refractivity contribution >= 4 is 0 Å². The average molecular weight is 252 g/mol. The summed E-state index contributed by atoms with van der Waals surface area (Å²) < 4.78 is 16.5. The van der Waals surface area contributed by atoms with E-state index in [2.05, 4.69) is 0 Å². The van der Waals surface area contributed by atoms with Crippen LogP contribution in [0.3, 0.4) is 0 Å². The molecule has 1 aliphatic heterocycles. The maximum Gasteiger partial charge on any atom is 0.161 e. The summed E-state index contributed by atoms with van der Waals surface area (Å²) in [5, 5.41) is 10.4. The van der Waals surface area contributed by atoms with Gasteiger partial charge in [0.2, 0.25) is 0 Å². The summed E-state index contributed by atoms with van der Waals surface area (Å²) in [6, 6.07) is 5.53.